The highest BCUT2D eigenvalue weighted by atomic mass is 32.1. The van der Waals surface area contributed by atoms with Crippen LogP contribution in [0, 0.1) is 19.8 Å². The van der Waals surface area contributed by atoms with Gasteiger partial charge >= 0.3 is 0 Å². The zero-order chi connectivity index (χ0) is 21.3. The molecule has 1 fully saturated rings. The van der Waals surface area contributed by atoms with E-state index in [4.69, 9.17) is 9.73 Å². The van der Waals surface area contributed by atoms with Crippen molar-refractivity contribution in [2.45, 2.75) is 46.7 Å². The second-order valence-corrected chi connectivity index (χ2v) is 9.17. The first-order valence-electron chi connectivity index (χ1n) is 10.9. The van der Waals surface area contributed by atoms with Gasteiger partial charge in [0, 0.05) is 24.5 Å². The van der Waals surface area contributed by atoms with Crippen molar-refractivity contribution in [3.63, 3.8) is 0 Å². The molecule has 1 saturated heterocycles. The monoisotopic (exact) mass is 429 g/mol. The number of aliphatic imine (C=N–C) groups is 1. The molecule has 0 atom stereocenters. The van der Waals surface area contributed by atoms with Crippen molar-refractivity contribution in [1.29, 1.82) is 0 Å². The summed E-state index contributed by atoms with van der Waals surface area (Å²) in [6.07, 6.45) is 2.44. The summed E-state index contributed by atoms with van der Waals surface area (Å²) >= 11 is 1.74. The highest BCUT2D eigenvalue weighted by Gasteiger charge is 2.19. The van der Waals surface area contributed by atoms with Crippen LogP contribution in [0.15, 0.2) is 29.3 Å². The van der Waals surface area contributed by atoms with E-state index in [-0.39, 0.29) is 0 Å². The lowest BCUT2D eigenvalue weighted by atomic mass is 9.96. The molecule has 0 aliphatic carbocycles. The average molecular weight is 430 g/mol. The van der Waals surface area contributed by atoms with Gasteiger partial charge < -0.3 is 15.4 Å². The van der Waals surface area contributed by atoms with Gasteiger partial charge in [-0.1, -0.05) is 12.1 Å². The molecule has 0 amide bonds. The first kappa shape index (κ1) is 22.6. The molecule has 1 aromatic carbocycles. The minimum Gasteiger partial charge on any atom is -0.497 e. The molecule has 2 N–H and O–H groups in total. The molecule has 2 aromatic rings. The number of hydrogen-bond acceptors (Lipinski definition) is 5. The van der Waals surface area contributed by atoms with Crippen LogP contribution in [0.2, 0.25) is 0 Å². The summed E-state index contributed by atoms with van der Waals surface area (Å²) in [4.78, 5) is 13.1. The van der Waals surface area contributed by atoms with Crippen LogP contribution in [0.4, 0.5) is 0 Å². The maximum Gasteiger partial charge on any atom is 0.191 e. The van der Waals surface area contributed by atoms with Gasteiger partial charge in [-0.15, -0.1) is 11.3 Å². The second kappa shape index (κ2) is 11.3. The number of rotatable bonds is 8. The van der Waals surface area contributed by atoms with E-state index in [1.165, 1.54) is 23.3 Å². The van der Waals surface area contributed by atoms with Crippen LogP contribution >= 0.6 is 11.3 Å². The van der Waals surface area contributed by atoms with Gasteiger partial charge in [0.05, 0.1) is 24.4 Å². The van der Waals surface area contributed by atoms with E-state index < -0.39 is 0 Å². The molecule has 0 bridgehead atoms. The SMILES string of the molecule is CCNC(=NCc1sc(C)nc1C)NCC1CCN(Cc2ccc(OC)cc2)CC1. The number of guanidine groups is 1. The molecule has 3 rings (SSSR count). The van der Waals surface area contributed by atoms with E-state index in [0.717, 1.165) is 55.1 Å². The van der Waals surface area contributed by atoms with Gasteiger partial charge in [0.15, 0.2) is 5.96 Å². The molecule has 164 valence electrons. The molecule has 0 spiro atoms. The van der Waals surface area contributed by atoms with Crippen molar-refractivity contribution in [3.05, 3.63) is 45.4 Å². The predicted octanol–water partition coefficient (Wildman–Crippen LogP) is 3.74. The Hall–Kier alpha value is -2.12. The van der Waals surface area contributed by atoms with E-state index in [2.05, 4.69) is 53.4 Å². The van der Waals surface area contributed by atoms with Gasteiger partial charge in [-0.3, -0.25) is 4.90 Å². The predicted molar refractivity (Wildman–Crippen MR) is 125 cm³/mol. The molecule has 1 aliphatic rings. The lowest BCUT2D eigenvalue weighted by molar-refractivity contribution is 0.178. The number of ether oxygens (including phenoxy) is 1. The highest BCUT2D eigenvalue weighted by molar-refractivity contribution is 7.11. The summed E-state index contributed by atoms with van der Waals surface area (Å²) < 4.78 is 5.25. The van der Waals surface area contributed by atoms with Crippen molar-refractivity contribution in [3.8, 4) is 5.75 Å². The second-order valence-electron chi connectivity index (χ2n) is 7.89. The molecular weight excluding hydrogens is 394 g/mol. The fourth-order valence-corrected chi connectivity index (χ4v) is 4.65. The number of benzene rings is 1. The molecule has 0 saturated carbocycles. The Balaban J connectivity index is 1.43. The number of hydrogen-bond donors (Lipinski definition) is 2. The van der Waals surface area contributed by atoms with Crippen molar-refractivity contribution in [1.82, 2.24) is 20.5 Å². The van der Waals surface area contributed by atoms with E-state index >= 15 is 0 Å². The number of nitrogens with one attached hydrogen (secondary N) is 2. The summed E-state index contributed by atoms with van der Waals surface area (Å²) in [6, 6.07) is 8.42. The van der Waals surface area contributed by atoms with Crippen molar-refractivity contribution >= 4 is 17.3 Å². The Morgan fingerprint density at radius 1 is 1.20 bits per heavy atom. The lowest BCUT2D eigenvalue weighted by Crippen LogP contribution is -2.42. The zero-order valence-electron chi connectivity index (χ0n) is 18.7. The molecule has 0 unspecified atom stereocenters. The van der Waals surface area contributed by atoms with E-state index in [0.29, 0.717) is 12.5 Å². The third-order valence-corrected chi connectivity index (χ3v) is 6.61. The smallest absolute Gasteiger partial charge is 0.191 e. The summed E-state index contributed by atoms with van der Waals surface area (Å²) in [5, 5.41) is 8.04. The van der Waals surface area contributed by atoms with Crippen LogP contribution in [-0.4, -0.2) is 49.1 Å². The summed E-state index contributed by atoms with van der Waals surface area (Å²) in [5.74, 6) is 2.51. The van der Waals surface area contributed by atoms with Crippen molar-refractivity contribution in [2.75, 3.05) is 33.3 Å². The fourth-order valence-electron chi connectivity index (χ4n) is 3.79. The van der Waals surface area contributed by atoms with Crippen molar-refractivity contribution < 1.29 is 4.74 Å². The van der Waals surface area contributed by atoms with E-state index in [9.17, 15) is 0 Å². The highest BCUT2D eigenvalue weighted by Crippen LogP contribution is 2.20. The quantitative estimate of drug-likeness (QED) is 0.494. The molecule has 1 aromatic heterocycles. The number of nitrogens with zero attached hydrogens (tertiary/aromatic N) is 3. The van der Waals surface area contributed by atoms with Gasteiger partial charge in [0.25, 0.3) is 0 Å². The first-order valence-corrected chi connectivity index (χ1v) is 11.7. The van der Waals surface area contributed by atoms with Gasteiger partial charge in [0.1, 0.15) is 5.75 Å². The van der Waals surface area contributed by atoms with E-state index in [1.807, 2.05) is 12.1 Å². The Morgan fingerprint density at radius 2 is 1.93 bits per heavy atom. The van der Waals surface area contributed by atoms with E-state index in [1.54, 1.807) is 18.4 Å². The molecular formula is C23H35N5OS. The summed E-state index contributed by atoms with van der Waals surface area (Å²) in [7, 11) is 1.71. The molecule has 6 nitrogen and oxygen atoms in total. The minimum atomic E-state index is 0.687. The maximum atomic E-state index is 5.25. The number of piperidine rings is 1. The third-order valence-electron chi connectivity index (χ3n) is 5.56. The Morgan fingerprint density at radius 3 is 2.53 bits per heavy atom. The fraction of sp³-hybridized carbons (Fsp3) is 0.565. The molecule has 0 radical (unpaired) electrons. The largest absolute Gasteiger partial charge is 0.497 e. The number of thiazole rings is 1. The van der Waals surface area contributed by atoms with Gasteiger partial charge in [-0.2, -0.15) is 0 Å². The Bertz CT molecular complexity index is 810. The normalized spacial score (nSPS) is 15.9. The molecule has 2 heterocycles. The summed E-state index contributed by atoms with van der Waals surface area (Å²) in [6.45, 7) is 12.1. The van der Waals surface area contributed by atoms with Gasteiger partial charge in [-0.05, 0) is 70.3 Å². The van der Waals surface area contributed by atoms with Crippen LogP contribution < -0.4 is 15.4 Å². The third kappa shape index (κ3) is 6.71. The van der Waals surface area contributed by atoms with Crippen LogP contribution in [0.25, 0.3) is 0 Å². The van der Waals surface area contributed by atoms with Crippen molar-refractivity contribution in [2.24, 2.45) is 10.9 Å². The summed E-state index contributed by atoms with van der Waals surface area (Å²) in [5.41, 5.74) is 2.45. The number of methoxy groups -OCH3 is 1. The average Bonchev–Trinajstić information content (AvgIpc) is 3.08. The van der Waals surface area contributed by atoms with Gasteiger partial charge in [0.2, 0.25) is 0 Å². The standard InChI is InChI=1S/C23H35N5OS/c1-5-24-23(26-15-22-17(2)27-18(3)30-22)25-14-19-10-12-28(13-11-19)16-20-6-8-21(29-4)9-7-20/h6-9,19H,5,10-16H2,1-4H3,(H2,24,25,26). The number of likely N-dealkylation sites (tertiary alicyclic amines) is 1. The number of aryl methyl sites for hydroxylation is 2. The van der Waals surface area contributed by atoms with Crippen LogP contribution in [0.3, 0.4) is 0 Å². The first-order chi connectivity index (χ1) is 14.6. The van der Waals surface area contributed by atoms with Crippen LogP contribution in [0.5, 0.6) is 5.75 Å². The number of aromatic nitrogens is 1. The Labute approximate surface area is 184 Å². The molecule has 7 heteroatoms. The zero-order valence-corrected chi connectivity index (χ0v) is 19.5. The maximum absolute atomic E-state index is 5.25. The lowest BCUT2D eigenvalue weighted by Gasteiger charge is -2.32. The minimum absolute atomic E-state index is 0.687. The molecule has 1 aliphatic heterocycles. The topological polar surface area (TPSA) is 61.8 Å². The molecule has 30 heavy (non-hydrogen) atoms. The van der Waals surface area contributed by atoms with Crippen LogP contribution in [-0.2, 0) is 13.1 Å². The van der Waals surface area contributed by atoms with Gasteiger partial charge in [-0.25, -0.2) is 9.98 Å². The van der Waals surface area contributed by atoms with Crippen LogP contribution in [0.1, 0.15) is 40.9 Å². The Kier molecular flexibility index (Phi) is 8.51.